The molecule has 1 aromatic rings. The van der Waals surface area contributed by atoms with E-state index in [1.54, 1.807) is 13.1 Å². The summed E-state index contributed by atoms with van der Waals surface area (Å²) in [7, 11) is 5.62. The van der Waals surface area contributed by atoms with Gasteiger partial charge in [-0.25, -0.2) is 5.43 Å². The molecule has 0 aliphatic carbocycles. The van der Waals surface area contributed by atoms with E-state index in [0.717, 1.165) is 12.1 Å². The standard InChI is InChI=1S/C13H21N3O2/c1-5-18-12-10(9-16(3)4)7-6-8-11(12)13(17)15-14-2/h6-8,14H,5,9H2,1-4H3,(H,15,17). The Labute approximate surface area is 108 Å². The number of amides is 1. The fraction of sp³-hybridized carbons (Fsp3) is 0.462. The van der Waals surface area contributed by atoms with Crippen LogP contribution in [0.25, 0.3) is 0 Å². The van der Waals surface area contributed by atoms with E-state index in [1.165, 1.54) is 0 Å². The van der Waals surface area contributed by atoms with Crippen molar-refractivity contribution >= 4 is 5.91 Å². The van der Waals surface area contributed by atoms with Crippen molar-refractivity contribution in [2.24, 2.45) is 0 Å². The van der Waals surface area contributed by atoms with Gasteiger partial charge < -0.3 is 9.64 Å². The van der Waals surface area contributed by atoms with Gasteiger partial charge in [0.1, 0.15) is 5.75 Å². The summed E-state index contributed by atoms with van der Waals surface area (Å²) >= 11 is 0. The lowest BCUT2D eigenvalue weighted by Gasteiger charge is -2.17. The first kappa shape index (κ1) is 14.5. The first-order valence-electron chi connectivity index (χ1n) is 5.96. The molecule has 100 valence electrons. The fourth-order valence-electron chi connectivity index (χ4n) is 1.72. The average Bonchev–Trinajstić information content (AvgIpc) is 2.31. The molecule has 0 spiro atoms. The molecule has 0 saturated heterocycles. The molecule has 0 aromatic heterocycles. The molecule has 1 rings (SSSR count). The van der Waals surface area contributed by atoms with Gasteiger partial charge in [0.05, 0.1) is 12.2 Å². The number of carbonyl (C=O) groups is 1. The van der Waals surface area contributed by atoms with Gasteiger partial charge in [-0.1, -0.05) is 12.1 Å². The third-order valence-electron chi connectivity index (χ3n) is 2.35. The number of hydrazine groups is 1. The third kappa shape index (κ3) is 3.72. The lowest BCUT2D eigenvalue weighted by Crippen LogP contribution is -2.34. The number of ether oxygens (including phenoxy) is 1. The van der Waals surface area contributed by atoms with Crippen molar-refractivity contribution in [3.8, 4) is 5.75 Å². The minimum atomic E-state index is -0.193. The second-order valence-electron chi connectivity index (χ2n) is 4.17. The van der Waals surface area contributed by atoms with Gasteiger partial charge in [-0.2, -0.15) is 0 Å². The molecule has 18 heavy (non-hydrogen) atoms. The predicted octanol–water partition coefficient (Wildman–Crippen LogP) is 1.01. The molecule has 0 atom stereocenters. The highest BCUT2D eigenvalue weighted by Crippen LogP contribution is 2.25. The lowest BCUT2D eigenvalue weighted by atomic mass is 10.1. The number of nitrogens with one attached hydrogen (secondary N) is 2. The largest absolute Gasteiger partial charge is 0.493 e. The zero-order chi connectivity index (χ0) is 13.5. The molecule has 5 heteroatoms. The molecule has 1 aromatic carbocycles. The molecule has 0 heterocycles. The number of para-hydroxylation sites is 1. The first-order valence-corrected chi connectivity index (χ1v) is 5.96. The van der Waals surface area contributed by atoms with E-state index in [9.17, 15) is 4.79 Å². The van der Waals surface area contributed by atoms with E-state index >= 15 is 0 Å². The number of hydrogen-bond acceptors (Lipinski definition) is 4. The van der Waals surface area contributed by atoms with Gasteiger partial charge in [0.15, 0.2) is 0 Å². The highest BCUT2D eigenvalue weighted by molar-refractivity contribution is 5.97. The van der Waals surface area contributed by atoms with Crippen LogP contribution in [-0.4, -0.2) is 38.6 Å². The topological polar surface area (TPSA) is 53.6 Å². The summed E-state index contributed by atoms with van der Waals surface area (Å²) in [6.07, 6.45) is 0. The van der Waals surface area contributed by atoms with E-state index < -0.39 is 0 Å². The molecular weight excluding hydrogens is 230 g/mol. The van der Waals surface area contributed by atoms with Crippen molar-refractivity contribution < 1.29 is 9.53 Å². The number of nitrogens with zero attached hydrogens (tertiary/aromatic N) is 1. The Morgan fingerprint density at radius 1 is 1.39 bits per heavy atom. The van der Waals surface area contributed by atoms with Crippen LogP contribution in [0.1, 0.15) is 22.8 Å². The number of benzene rings is 1. The Bertz CT molecular complexity index is 405. The van der Waals surface area contributed by atoms with Crippen LogP contribution < -0.4 is 15.6 Å². The van der Waals surface area contributed by atoms with Crippen LogP contribution >= 0.6 is 0 Å². The zero-order valence-electron chi connectivity index (χ0n) is 11.4. The van der Waals surface area contributed by atoms with Gasteiger partial charge >= 0.3 is 0 Å². The molecule has 0 radical (unpaired) electrons. The minimum absolute atomic E-state index is 0.193. The molecule has 2 N–H and O–H groups in total. The molecule has 0 aliphatic heterocycles. The summed E-state index contributed by atoms with van der Waals surface area (Å²) in [6.45, 7) is 3.17. The van der Waals surface area contributed by atoms with E-state index in [1.807, 2.05) is 38.1 Å². The maximum atomic E-state index is 11.9. The Balaban J connectivity index is 3.12. The van der Waals surface area contributed by atoms with Crippen LogP contribution in [-0.2, 0) is 6.54 Å². The van der Waals surface area contributed by atoms with Crippen molar-refractivity contribution in [1.82, 2.24) is 15.8 Å². The second kappa shape index (κ2) is 6.98. The fourth-order valence-corrected chi connectivity index (χ4v) is 1.72. The van der Waals surface area contributed by atoms with Crippen LogP contribution in [0.3, 0.4) is 0 Å². The van der Waals surface area contributed by atoms with Crippen LogP contribution in [0.15, 0.2) is 18.2 Å². The second-order valence-corrected chi connectivity index (χ2v) is 4.17. The zero-order valence-corrected chi connectivity index (χ0v) is 11.4. The molecule has 0 bridgehead atoms. The van der Waals surface area contributed by atoms with Crippen LogP contribution in [0.4, 0.5) is 0 Å². The third-order valence-corrected chi connectivity index (χ3v) is 2.35. The minimum Gasteiger partial charge on any atom is -0.493 e. The summed E-state index contributed by atoms with van der Waals surface area (Å²) in [4.78, 5) is 14.0. The van der Waals surface area contributed by atoms with Gasteiger partial charge in [-0.3, -0.25) is 10.2 Å². The first-order chi connectivity index (χ1) is 8.60. The summed E-state index contributed by atoms with van der Waals surface area (Å²) in [5.74, 6) is 0.461. The molecule has 0 aliphatic rings. The van der Waals surface area contributed by atoms with Gasteiger partial charge in [-0.05, 0) is 27.1 Å². The maximum Gasteiger partial charge on any atom is 0.269 e. The van der Waals surface area contributed by atoms with Crippen LogP contribution in [0, 0.1) is 0 Å². The summed E-state index contributed by atoms with van der Waals surface area (Å²) in [6, 6.07) is 5.60. The average molecular weight is 251 g/mol. The summed E-state index contributed by atoms with van der Waals surface area (Å²) < 4.78 is 5.62. The van der Waals surface area contributed by atoms with Crippen molar-refractivity contribution in [2.45, 2.75) is 13.5 Å². The van der Waals surface area contributed by atoms with Crippen molar-refractivity contribution in [3.05, 3.63) is 29.3 Å². The highest BCUT2D eigenvalue weighted by Gasteiger charge is 2.15. The molecule has 0 fully saturated rings. The van der Waals surface area contributed by atoms with Gasteiger partial charge in [0.25, 0.3) is 5.91 Å². The normalized spacial score (nSPS) is 10.5. The molecule has 0 unspecified atom stereocenters. The smallest absolute Gasteiger partial charge is 0.269 e. The van der Waals surface area contributed by atoms with E-state index in [2.05, 4.69) is 10.9 Å². The Hall–Kier alpha value is -1.59. The van der Waals surface area contributed by atoms with Crippen LogP contribution in [0.5, 0.6) is 5.75 Å². The van der Waals surface area contributed by atoms with Crippen LogP contribution in [0.2, 0.25) is 0 Å². The highest BCUT2D eigenvalue weighted by atomic mass is 16.5. The Morgan fingerprint density at radius 3 is 2.67 bits per heavy atom. The summed E-state index contributed by atoms with van der Waals surface area (Å²) in [5, 5.41) is 0. The molecule has 1 amide bonds. The lowest BCUT2D eigenvalue weighted by molar-refractivity contribution is 0.0934. The van der Waals surface area contributed by atoms with Crippen molar-refractivity contribution in [3.63, 3.8) is 0 Å². The number of carbonyl (C=O) groups excluding carboxylic acids is 1. The summed E-state index contributed by atoms with van der Waals surface area (Å²) in [5.41, 5.74) is 6.74. The molecule has 5 nitrogen and oxygen atoms in total. The van der Waals surface area contributed by atoms with Gasteiger partial charge in [0, 0.05) is 19.2 Å². The quantitative estimate of drug-likeness (QED) is 0.741. The van der Waals surface area contributed by atoms with Gasteiger partial charge in [-0.15, -0.1) is 0 Å². The predicted molar refractivity (Wildman–Crippen MR) is 71.5 cm³/mol. The van der Waals surface area contributed by atoms with E-state index in [4.69, 9.17) is 4.74 Å². The Morgan fingerprint density at radius 2 is 2.11 bits per heavy atom. The number of rotatable bonds is 6. The SMILES string of the molecule is CCOc1c(CN(C)C)cccc1C(=O)NNC. The van der Waals surface area contributed by atoms with E-state index in [-0.39, 0.29) is 5.91 Å². The Kier molecular flexibility index (Phi) is 5.61. The van der Waals surface area contributed by atoms with Crippen molar-refractivity contribution in [1.29, 1.82) is 0 Å². The molecule has 0 saturated carbocycles. The van der Waals surface area contributed by atoms with E-state index in [0.29, 0.717) is 17.9 Å². The maximum absolute atomic E-state index is 11.9. The monoisotopic (exact) mass is 251 g/mol. The van der Waals surface area contributed by atoms with Crippen molar-refractivity contribution in [2.75, 3.05) is 27.7 Å². The number of hydrogen-bond donors (Lipinski definition) is 2. The molecular formula is C13H21N3O2. The van der Waals surface area contributed by atoms with Gasteiger partial charge in [0.2, 0.25) is 0 Å².